The van der Waals surface area contributed by atoms with Crippen LogP contribution in [-0.2, 0) is 0 Å². The molecule has 0 aromatic rings. The first-order valence-corrected chi connectivity index (χ1v) is 11.5. The van der Waals surface area contributed by atoms with Gasteiger partial charge < -0.3 is 10.2 Å². The van der Waals surface area contributed by atoms with Crippen molar-refractivity contribution in [2.75, 3.05) is 0 Å². The normalized spacial score (nSPS) is 39.2. The minimum Gasteiger partial charge on any atom is -0.393 e. The summed E-state index contributed by atoms with van der Waals surface area (Å²) in [6.07, 6.45) is 17.6. The van der Waals surface area contributed by atoms with Gasteiger partial charge in [0.15, 0.2) is 0 Å². The lowest BCUT2D eigenvalue weighted by Crippen LogP contribution is -2.35. The van der Waals surface area contributed by atoms with Gasteiger partial charge in [0.1, 0.15) is 0 Å². The second-order valence-corrected chi connectivity index (χ2v) is 10.2. The molecule has 0 aromatic carbocycles. The quantitative estimate of drug-likeness (QED) is 0.549. The highest BCUT2D eigenvalue weighted by atomic mass is 16.3. The second kappa shape index (κ2) is 9.18. The zero-order valence-corrected chi connectivity index (χ0v) is 18.8. The summed E-state index contributed by atoms with van der Waals surface area (Å²) in [4.78, 5) is 0. The van der Waals surface area contributed by atoms with Crippen molar-refractivity contribution in [1.29, 1.82) is 0 Å². The Morgan fingerprint density at radius 2 is 1.97 bits per heavy atom. The van der Waals surface area contributed by atoms with Gasteiger partial charge in [-0.1, -0.05) is 62.0 Å². The summed E-state index contributed by atoms with van der Waals surface area (Å²) in [5, 5.41) is 20.1. The monoisotopic (exact) mass is 396 g/mol. The van der Waals surface area contributed by atoms with Gasteiger partial charge in [-0.15, -0.1) is 0 Å². The molecule has 29 heavy (non-hydrogen) atoms. The van der Waals surface area contributed by atoms with Crippen molar-refractivity contribution in [3.8, 4) is 0 Å². The van der Waals surface area contributed by atoms with E-state index in [1.54, 1.807) is 5.57 Å². The van der Waals surface area contributed by atoms with Crippen LogP contribution >= 0.6 is 0 Å². The standard InChI is InChI=1S/C27H40O2/c1-18(2)8-6-9-19(3)24-13-14-25-21(10-7-15-27(24,25)5)11-12-22-16-23(28)17-26(29)20(22)4/h6,8-9,11-12,19,23-26,28-29H,4,7,10,13-17H2,1-3,5H3/b9-6-,21-11+,22-12-/t19-,23-,24-,25+,26+,27-/m1/s1. The van der Waals surface area contributed by atoms with E-state index in [0.29, 0.717) is 30.1 Å². The fourth-order valence-electron chi connectivity index (χ4n) is 6.17. The highest BCUT2D eigenvalue weighted by Crippen LogP contribution is 2.59. The van der Waals surface area contributed by atoms with Crippen molar-refractivity contribution in [2.24, 2.45) is 23.2 Å². The van der Waals surface area contributed by atoms with E-state index in [0.717, 1.165) is 17.1 Å². The summed E-state index contributed by atoms with van der Waals surface area (Å²) >= 11 is 0. The van der Waals surface area contributed by atoms with Crippen molar-refractivity contribution in [2.45, 2.75) is 84.8 Å². The Bertz CT molecular complexity index is 734. The average Bonchev–Trinajstić information content (AvgIpc) is 3.00. The Kier molecular flexibility index (Phi) is 7.06. The van der Waals surface area contributed by atoms with E-state index in [2.05, 4.69) is 64.7 Å². The molecule has 0 saturated heterocycles. The molecular weight excluding hydrogens is 356 g/mol. The molecule has 3 aliphatic rings. The minimum absolute atomic E-state index is 0.375. The van der Waals surface area contributed by atoms with Crippen LogP contribution in [0, 0.1) is 23.2 Å². The van der Waals surface area contributed by atoms with Crippen LogP contribution in [0.25, 0.3) is 0 Å². The molecule has 0 aliphatic heterocycles. The molecule has 0 spiro atoms. The topological polar surface area (TPSA) is 40.5 Å². The number of hydrogen-bond donors (Lipinski definition) is 2. The smallest absolute Gasteiger partial charge is 0.0811 e. The van der Waals surface area contributed by atoms with Gasteiger partial charge in [-0.3, -0.25) is 0 Å². The number of aliphatic hydroxyl groups excluding tert-OH is 2. The van der Waals surface area contributed by atoms with Crippen LogP contribution in [0.3, 0.4) is 0 Å². The molecule has 3 fully saturated rings. The summed E-state index contributed by atoms with van der Waals surface area (Å²) in [6, 6.07) is 0. The third kappa shape index (κ3) is 4.86. The lowest BCUT2D eigenvalue weighted by atomic mass is 9.61. The molecular formula is C27H40O2. The lowest BCUT2D eigenvalue weighted by molar-refractivity contribution is 0.0862. The van der Waals surface area contributed by atoms with Crippen molar-refractivity contribution >= 4 is 0 Å². The zero-order valence-electron chi connectivity index (χ0n) is 18.8. The Balaban J connectivity index is 1.78. The van der Waals surface area contributed by atoms with E-state index < -0.39 is 12.2 Å². The number of rotatable bonds is 4. The molecule has 0 aromatic heterocycles. The third-order valence-electron chi connectivity index (χ3n) is 7.78. The second-order valence-electron chi connectivity index (χ2n) is 10.2. The van der Waals surface area contributed by atoms with Crippen LogP contribution in [-0.4, -0.2) is 22.4 Å². The average molecular weight is 397 g/mol. The van der Waals surface area contributed by atoms with E-state index in [1.807, 2.05) is 0 Å². The summed E-state index contributed by atoms with van der Waals surface area (Å²) in [5.74, 6) is 1.99. The molecule has 6 atom stereocenters. The fraction of sp³-hybridized carbons (Fsp3) is 0.630. The predicted octanol–water partition coefficient (Wildman–Crippen LogP) is 6.29. The summed E-state index contributed by atoms with van der Waals surface area (Å²) < 4.78 is 0. The maximum absolute atomic E-state index is 10.1. The maximum Gasteiger partial charge on any atom is 0.0811 e. The molecule has 3 rings (SSSR count). The summed E-state index contributed by atoms with van der Waals surface area (Å²) in [7, 11) is 0. The van der Waals surface area contributed by atoms with Crippen LogP contribution in [0.5, 0.6) is 0 Å². The van der Waals surface area contributed by atoms with Crippen molar-refractivity contribution in [1.82, 2.24) is 0 Å². The van der Waals surface area contributed by atoms with Crippen LogP contribution < -0.4 is 0 Å². The highest BCUT2D eigenvalue weighted by Gasteiger charge is 2.50. The number of aliphatic hydroxyl groups is 2. The van der Waals surface area contributed by atoms with Crippen molar-refractivity contribution in [3.63, 3.8) is 0 Å². The molecule has 0 radical (unpaired) electrons. The Morgan fingerprint density at radius 1 is 1.21 bits per heavy atom. The maximum atomic E-state index is 10.1. The summed E-state index contributed by atoms with van der Waals surface area (Å²) in [5.41, 5.74) is 5.09. The molecule has 0 amide bonds. The molecule has 0 bridgehead atoms. The summed E-state index contributed by atoms with van der Waals surface area (Å²) in [6.45, 7) is 13.3. The number of allylic oxidation sites excluding steroid dienone is 7. The van der Waals surface area contributed by atoms with Gasteiger partial charge in [0.05, 0.1) is 12.2 Å². The van der Waals surface area contributed by atoms with E-state index in [1.165, 1.54) is 37.7 Å². The number of fused-ring (bicyclic) bond motifs is 1. The Labute approximate surface area is 177 Å². The van der Waals surface area contributed by atoms with Gasteiger partial charge in [-0.05, 0) is 86.7 Å². The van der Waals surface area contributed by atoms with Gasteiger partial charge in [0, 0.05) is 6.42 Å². The molecule has 160 valence electrons. The van der Waals surface area contributed by atoms with Crippen molar-refractivity contribution in [3.05, 3.63) is 59.3 Å². The molecule has 3 saturated carbocycles. The SMILES string of the molecule is C=C1/C(=C\C=C2/CCC[C@]3(C)[C@@H]([C@H](C)/C=C\C=C(C)C)CC[C@@H]23)C[C@@H](O)C[C@@H]1O. The first kappa shape index (κ1) is 22.3. The van der Waals surface area contributed by atoms with E-state index in [9.17, 15) is 10.2 Å². The van der Waals surface area contributed by atoms with Gasteiger partial charge in [0.2, 0.25) is 0 Å². The van der Waals surface area contributed by atoms with Crippen LogP contribution in [0.1, 0.15) is 72.6 Å². The highest BCUT2D eigenvalue weighted by molar-refractivity contribution is 5.38. The number of hydrogen-bond acceptors (Lipinski definition) is 2. The van der Waals surface area contributed by atoms with Gasteiger partial charge in [-0.2, -0.15) is 0 Å². The van der Waals surface area contributed by atoms with Gasteiger partial charge in [0.25, 0.3) is 0 Å². The minimum atomic E-state index is -0.607. The molecule has 2 N–H and O–H groups in total. The van der Waals surface area contributed by atoms with Crippen molar-refractivity contribution < 1.29 is 10.2 Å². The van der Waals surface area contributed by atoms with Gasteiger partial charge in [-0.25, -0.2) is 0 Å². The Morgan fingerprint density at radius 3 is 2.69 bits per heavy atom. The van der Waals surface area contributed by atoms with E-state index >= 15 is 0 Å². The molecule has 3 aliphatic carbocycles. The largest absolute Gasteiger partial charge is 0.393 e. The molecule has 2 nitrogen and oxygen atoms in total. The van der Waals surface area contributed by atoms with Crippen LogP contribution in [0.2, 0.25) is 0 Å². The molecule has 0 heterocycles. The predicted molar refractivity (Wildman–Crippen MR) is 122 cm³/mol. The first-order valence-electron chi connectivity index (χ1n) is 11.5. The van der Waals surface area contributed by atoms with Crippen LogP contribution in [0.15, 0.2) is 59.3 Å². The lowest BCUT2D eigenvalue weighted by Gasteiger charge is -2.44. The first-order chi connectivity index (χ1) is 13.7. The zero-order chi connectivity index (χ0) is 21.2. The van der Waals surface area contributed by atoms with E-state index in [4.69, 9.17) is 0 Å². The van der Waals surface area contributed by atoms with Crippen LogP contribution in [0.4, 0.5) is 0 Å². The Hall–Kier alpha value is -1.38. The molecule has 2 heteroatoms. The third-order valence-corrected chi connectivity index (χ3v) is 7.78. The fourth-order valence-corrected chi connectivity index (χ4v) is 6.17. The van der Waals surface area contributed by atoms with Gasteiger partial charge >= 0.3 is 0 Å². The van der Waals surface area contributed by atoms with E-state index in [-0.39, 0.29) is 0 Å². The molecule has 0 unspecified atom stereocenters.